The summed E-state index contributed by atoms with van der Waals surface area (Å²) in [5.74, 6) is 1.03. The lowest BCUT2D eigenvalue weighted by molar-refractivity contribution is 0.573. The first-order chi connectivity index (χ1) is 10.3. The van der Waals surface area contributed by atoms with Crippen molar-refractivity contribution in [2.75, 3.05) is 6.54 Å². The standard InChI is InChI=1S/C17H22FN3/c1-2-3-17-20-15-12-19-10-8-16(15)21(17)11-9-13-4-6-14(18)7-5-13/h4-7,19H,2-3,8-12H2,1H3. The van der Waals surface area contributed by atoms with Crippen LogP contribution in [0.3, 0.4) is 0 Å². The van der Waals surface area contributed by atoms with E-state index in [-0.39, 0.29) is 5.82 Å². The molecule has 112 valence electrons. The number of rotatable bonds is 5. The topological polar surface area (TPSA) is 29.9 Å². The SMILES string of the molecule is CCCc1nc2c(n1CCc1ccc(F)cc1)CCNC2. The molecule has 1 aromatic carbocycles. The van der Waals surface area contributed by atoms with Crippen molar-refractivity contribution in [1.82, 2.24) is 14.9 Å². The average Bonchev–Trinajstić information content (AvgIpc) is 2.85. The molecule has 0 spiro atoms. The van der Waals surface area contributed by atoms with Gasteiger partial charge in [-0.25, -0.2) is 9.37 Å². The summed E-state index contributed by atoms with van der Waals surface area (Å²) in [6, 6.07) is 6.82. The summed E-state index contributed by atoms with van der Waals surface area (Å²) < 4.78 is 15.4. The van der Waals surface area contributed by atoms with Gasteiger partial charge in [0, 0.05) is 38.2 Å². The number of halogens is 1. The van der Waals surface area contributed by atoms with Gasteiger partial charge in [-0.15, -0.1) is 0 Å². The Hall–Kier alpha value is -1.68. The number of hydrogen-bond acceptors (Lipinski definition) is 2. The van der Waals surface area contributed by atoms with E-state index < -0.39 is 0 Å². The minimum absolute atomic E-state index is 0.170. The maximum atomic E-state index is 13.0. The normalized spacial score (nSPS) is 14.2. The van der Waals surface area contributed by atoms with Crippen LogP contribution in [0.1, 0.15) is 36.1 Å². The van der Waals surface area contributed by atoms with Crippen LogP contribution in [0.25, 0.3) is 0 Å². The van der Waals surface area contributed by atoms with Crippen LogP contribution in [0, 0.1) is 5.82 Å². The Morgan fingerprint density at radius 1 is 1.24 bits per heavy atom. The number of aromatic nitrogens is 2. The fourth-order valence-electron chi connectivity index (χ4n) is 3.00. The number of imidazole rings is 1. The lowest BCUT2D eigenvalue weighted by Crippen LogP contribution is -2.25. The van der Waals surface area contributed by atoms with E-state index in [4.69, 9.17) is 4.98 Å². The predicted molar refractivity (Wildman–Crippen MR) is 81.7 cm³/mol. The van der Waals surface area contributed by atoms with E-state index in [2.05, 4.69) is 16.8 Å². The third-order valence-electron chi connectivity index (χ3n) is 4.08. The van der Waals surface area contributed by atoms with Crippen molar-refractivity contribution in [2.45, 2.75) is 45.7 Å². The van der Waals surface area contributed by atoms with Crippen molar-refractivity contribution in [2.24, 2.45) is 0 Å². The van der Waals surface area contributed by atoms with E-state index >= 15 is 0 Å². The zero-order chi connectivity index (χ0) is 14.7. The molecule has 0 unspecified atom stereocenters. The number of hydrogen-bond donors (Lipinski definition) is 1. The Kier molecular flexibility index (Phi) is 4.34. The van der Waals surface area contributed by atoms with Gasteiger partial charge in [-0.3, -0.25) is 0 Å². The maximum absolute atomic E-state index is 13.0. The predicted octanol–water partition coefficient (Wildman–Crippen LogP) is 2.86. The molecule has 1 aromatic heterocycles. The molecule has 21 heavy (non-hydrogen) atoms. The number of benzene rings is 1. The maximum Gasteiger partial charge on any atom is 0.123 e. The van der Waals surface area contributed by atoms with Crippen LogP contribution in [0.15, 0.2) is 24.3 Å². The van der Waals surface area contributed by atoms with Gasteiger partial charge < -0.3 is 9.88 Å². The second kappa shape index (κ2) is 6.39. The minimum Gasteiger partial charge on any atom is -0.331 e. The average molecular weight is 287 g/mol. The molecule has 0 saturated carbocycles. The van der Waals surface area contributed by atoms with Gasteiger partial charge >= 0.3 is 0 Å². The highest BCUT2D eigenvalue weighted by molar-refractivity contribution is 5.22. The molecule has 0 aliphatic carbocycles. The number of nitrogens with one attached hydrogen (secondary N) is 1. The third-order valence-corrected chi connectivity index (χ3v) is 4.08. The highest BCUT2D eigenvalue weighted by atomic mass is 19.1. The first-order valence-corrected chi connectivity index (χ1v) is 7.80. The largest absolute Gasteiger partial charge is 0.331 e. The van der Waals surface area contributed by atoms with Gasteiger partial charge in [0.25, 0.3) is 0 Å². The number of aryl methyl sites for hydroxylation is 2. The zero-order valence-electron chi connectivity index (χ0n) is 12.5. The van der Waals surface area contributed by atoms with Gasteiger partial charge in [0.15, 0.2) is 0 Å². The van der Waals surface area contributed by atoms with Crippen LogP contribution in [0.5, 0.6) is 0 Å². The molecule has 0 amide bonds. The lowest BCUT2D eigenvalue weighted by Gasteiger charge is -2.16. The number of nitrogens with zero attached hydrogens (tertiary/aromatic N) is 2. The quantitative estimate of drug-likeness (QED) is 0.916. The number of fused-ring (bicyclic) bond motifs is 1. The monoisotopic (exact) mass is 287 g/mol. The van der Waals surface area contributed by atoms with Crippen LogP contribution in [-0.4, -0.2) is 16.1 Å². The zero-order valence-corrected chi connectivity index (χ0v) is 12.5. The van der Waals surface area contributed by atoms with Gasteiger partial charge in [0.2, 0.25) is 0 Å². The first-order valence-electron chi connectivity index (χ1n) is 7.80. The van der Waals surface area contributed by atoms with E-state index in [1.165, 1.54) is 34.9 Å². The van der Waals surface area contributed by atoms with E-state index in [1.54, 1.807) is 0 Å². The molecular formula is C17H22FN3. The molecular weight excluding hydrogens is 265 g/mol. The molecule has 0 atom stereocenters. The second-order valence-corrected chi connectivity index (χ2v) is 5.63. The Morgan fingerprint density at radius 2 is 2.05 bits per heavy atom. The Morgan fingerprint density at radius 3 is 2.81 bits per heavy atom. The lowest BCUT2D eigenvalue weighted by atomic mass is 10.1. The summed E-state index contributed by atoms with van der Waals surface area (Å²) in [6.07, 6.45) is 4.11. The van der Waals surface area contributed by atoms with Crippen LogP contribution < -0.4 is 5.32 Å². The Balaban J connectivity index is 1.79. The third kappa shape index (κ3) is 3.16. The molecule has 2 heterocycles. The highest BCUT2D eigenvalue weighted by Gasteiger charge is 2.18. The van der Waals surface area contributed by atoms with Crippen LogP contribution in [-0.2, 0) is 32.4 Å². The van der Waals surface area contributed by atoms with E-state index in [9.17, 15) is 4.39 Å². The summed E-state index contributed by atoms with van der Waals surface area (Å²) >= 11 is 0. The molecule has 1 N–H and O–H groups in total. The molecule has 0 bridgehead atoms. The van der Waals surface area contributed by atoms with E-state index in [1.807, 2.05) is 12.1 Å². The van der Waals surface area contributed by atoms with Crippen LogP contribution in [0.2, 0.25) is 0 Å². The first kappa shape index (κ1) is 14.3. The van der Waals surface area contributed by atoms with Gasteiger partial charge in [0.05, 0.1) is 5.69 Å². The van der Waals surface area contributed by atoms with Crippen molar-refractivity contribution < 1.29 is 4.39 Å². The van der Waals surface area contributed by atoms with Crippen LogP contribution in [0.4, 0.5) is 4.39 Å². The molecule has 1 aliphatic rings. The fourth-order valence-corrected chi connectivity index (χ4v) is 3.00. The van der Waals surface area contributed by atoms with Crippen molar-refractivity contribution in [1.29, 1.82) is 0 Å². The molecule has 0 saturated heterocycles. The van der Waals surface area contributed by atoms with Crippen molar-refractivity contribution >= 4 is 0 Å². The summed E-state index contributed by atoms with van der Waals surface area (Å²) in [5, 5.41) is 3.39. The molecule has 2 aromatic rings. The van der Waals surface area contributed by atoms with Crippen molar-refractivity contribution in [3.63, 3.8) is 0 Å². The summed E-state index contributed by atoms with van der Waals surface area (Å²) in [4.78, 5) is 4.81. The summed E-state index contributed by atoms with van der Waals surface area (Å²) in [6.45, 7) is 5.04. The van der Waals surface area contributed by atoms with Gasteiger partial charge in [-0.1, -0.05) is 19.1 Å². The van der Waals surface area contributed by atoms with E-state index in [0.717, 1.165) is 45.3 Å². The molecule has 0 fully saturated rings. The van der Waals surface area contributed by atoms with Crippen molar-refractivity contribution in [3.05, 3.63) is 52.9 Å². The van der Waals surface area contributed by atoms with E-state index in [0.29, 0.717) is 0 Å². The molecule has 3 rings (SSSR count). The molecule has 4 heteroatoms. The minimum atomic E-state index is -0.170. The highest BCUT2D eigenvalue weighted by Crippen LogP contribution is 2.18. The molecule has 3 nitrogen and oxygen atoms in total. The van der Waals surface area contributed by atoms with Crippen LogP contribution >= 0.6 is 0 Å². The second-order valence-electron chi connectivity index (χ2n) is 5.63. The Bertz CT molecular complexity index is 601. The molecule has 1 aliphatic heterocycles. The van der Waals surface area contributed by atoms with Gasteiger partial charge in [0.1, 0.15) is 11.6 Å². The molecule has 0 radical (unpaired) electrons. The van der Waals surface area contributed by atoms with Gasteiger partial charge in [-0.05, 0) is 30.5 Å². The Labute approximate surface area is 125 Å². The van der Waals surface area contributed by atoms with Gasteiger partial charge in [-0.2, -0.15) is 0 Å². The fraction of sp³-hybridized carbons (Fsp3) is 0.471. The summed E-state index contributed by atoms with van der Waals surface area (Å²) in [7, 11) is 0. The smallest absolute Gasteiger partial charge is 0.123 e. The van der Waals surface area contributed by atoms with Crippen molar-refractivity contribution in [3.8, 4) is 0 Å². The summed E-state index contributed by atoms with van der Waals surface area (Å²) in [5.41, 5.74) is 3.78.